The average Bonchev–Trinajstić information content (AvgIpc) is 2.27. The van der Waals surface area contributed by atoms with Gasteiger partial charge in [-0.15, -0.1) is 0 Å². The maximum absolute atomic E-state index is 11.5. The second kappa shape index (κ2) is 6.02. The number of rotatable bonds is 5. The Hall–Kier alpha value is -1.69. The lowest BCUT2D eigenvalue weighted by atomic mass is 10.2. The number of amides is 1. The molecule has 0 saturated carbocycles. The second-order valence-electron chi connectivity index (χ2n) is 3.45. The zero-order valence-electron chi connectivity index (χ0n) is 9.06. The largest absolute Gasteiger partial charge is 0.391 e. The van der Waals surface area contributed by atoms with E-state index in [1.54, 1.807) is 0 Å². The van der Waals surface area contributed by atoms with Crippen molar-refractivity contribution in [2.75, 3.05) is 6.54 Å². The van der Waals surface area contributed by atoms with E-state index >= 15 is 0 Å². The Morgan fingerprint density at radius 1 is 1.69 bits per heavy atom. The summed E-state index contributed by atoms with van der Waals surface area (Å²) in [6.07, 6.45) is 3.23. The number of nitrogens with zero attached hydrogens (tertiary/aromatic N) is 1. The van der Waals surface area contributed by atoms with Gasteiger partial charge in [-0.3, -0.25) is 9.59 Å². The van der Waals surface area contributed by atoms with Gasteiger partial charge in [0.1, 0.15) is 5.69 Å². The lowest BCUT2D eigenvalue weighted by molar-refractivity contribution is 0.0905. The number of carbonyl (C=O) groups excluding carboxylic acids is 1. The Balaban J connectivity index is 2.46. The molecule has 0 spiro atoms. The average molecular weight is 225 g/mol. The molecule has 1 aromatic heterocycles. The maximum Gasteiger partial charge on any atom is 0.271 e. The highest BCUT2D eigenvalue weighted by molar-refractivity contribution is 5.91. The molecule has 0 aliphatic rings. The van der Waals surface area contributed by atoms with Crippen LogP contribution >= 0.6 is 0 Å². The van der Waals surface area contributed by atoms with Crippen molar-refractivity contribution in [2.24, 2.45) is 0 Å². The lowest BCUT2D eigenvalue weighted by Crippen LogP contribution is -2.32. The molecule has 6 heteroatoms. The van der Waals surface area contributed by atoms with E-state index < -0.39 is 12.0 Å². The number of aliphatic hydroxyl groups is 1. The van der Waals surface area contributed by atoms with Crippen molar-refractivity contribution in [3.63, 3.8) is 0 Å². The number of aliphatic hydroxyl groups excluding tert-OH is 1. The standard InChI is InChI=1S/C10H15N3O3/c1-2-3-7(14)4-13-10(16)8-5-12-9(15)6-11-8/h5-7,14H,2-4H2,1H3,(H,12,15)(H,13,16). The topological polar surface area (TPSA) is 95.1 Å². The number of H-pyrrole nitrogens is 1. The molecule has 1 rings (SSSR count). The number of nitrogens with one attached hydrogen (secondary N) is 2. The summed E-state index contributed by atoms with van der Waals surface area (Å²) in [5.74, 6) is -0.411. The van der Waals surface area contributed by atoms with Crippen LogP contribution in [0.15, 0.2) is 17.2 Å². The Morgan fingerprint density at radius 3 is 3.00 bits per heavy atom. The van der Waals surface area contributed by atoms with E-state index in [2.05, 4.69) is 15.3 Å². The molecule has 1 aromatic rings. The van der Waals surface area contributed by atoms with E-state index in [4.69, 9.17) is 0 Å². The van der Waals surface area contributed by atoms with Crippen molar-refractivity contribution in [3.05, 3.63) is 28.4 Å². The fourth-order valence-corrected chi connectivity index (χ4v) is 1.20. The summed E-state index contributed by atoms with van der Waals surface area (Å²) in [6.45, 7) is 2.14. The van der Waals surface area contributed by atoms with Crippen LogP contribution in [0, 0.1) is 0 Å². The minimum atomic E-state index is -0.545. The molecule has 0 aromatic carbocycles. The van der Waals surface area contributed by atoms with Crippen molar-refractivity contribution in [1.82, 2.24) is 15.3 Å². The summed E-state index contributed by atoms with van der Waals surface area (Å²) in [4.78, 5) is 28.2. The zero-order valence-corrected chi connectivity index (χ0v) is 9.06. The van der Waals surface area contributed by atoms with E-state index in [0.29, 0.717) is 6.42 Å². The summed E-state index contributed by atoms with van der Waals surface area (Å²) in [7, 11) is 0. The van der Waals surface area contributed by atoms with Crippen LogP contribution in [0.1, 0.15) is 30.3 Å². The fourth-order valence-electron chi connectivity index (χ4n) is 1.20. The van der Waals surface area contributed by atoms with Crippen LogP contribution in [0.4, 0.5) is 0 Å². The highest BCUT2D eigenvalue weighted by atomic mass is 16.3. The first kappa shape index (κ1) is 12.4. The number of carbonyl (C=O) groups is 1. The molecule has 0 fully saturated rings. The molecule has 1 heterocycles. The van der Waals surface area contributed by atoms with Crippen LogP contribution in [-0.2, 0) is 0 Å². The van der Waals surface area contributed by atoms with Gasteiger partial charge in [-0.1, -0.05) is 13.3 Å². The first-order valence-corrected chi connectivity index (χ1v) is 5.14. The van der Waals surface area contributed by atoms with Crippen molar-refractivity contribution in [2.45, 2.75) is 25.9 Å². The monoisotopic (exact) mass is 225 g/mol. The van der Waals surface area contributed by atoms with Gasteiger partial charge in [0, 0.05) is 12.7 Å². The highest BCUT2D eigenvalue weighted by Gasteiger charge is 2.09. The van der Waals surface area contributed by atoms with E-state index in [9.17, 15) is 14.7 Å². The van der Waals surface area contributed by atoms with Gasteiger partial charge >= 0.3 is 0 Å². The number of aromatic nitrogens is 2. The number of hydrogen-bond donors (Lipinski definition) is 3. The van der Waals surface area contributed by atoms with Gasteiger partial charge in [0.15, 0.2) is 0 Å². The molecule has 3 N–H and O–H groups in total. The SMILES string of the molecule is CCCC(O)CNC(=O)c1c[nH]c(=O)cn1. The van der Waals surface area contributed by atoms with E-state index in [1.165, 1.54) is 6.20 Å². The summed E-state index contributed by atoms with van der Waals surface area (Å²) in [5, 5.41) is 11.9. The Kier molecular flexibility index (Phi) is 4.65. The van der Waals surface area contributed by atoms with Gasteiger partial charge in [0.25, 0.3) is 11.5 Å². The van der Waals surface area contributed by atoms with E-state index in [1.807, 2.05) is 6.92 Å². The van der Waals surface area contributed by atoms with Crippen LogP contribution in [0.25, 0.3) is 0 Å². The minimum absolute atomic E-state index is 0.128. The Morgan fingerprint density at radius 2 is 2.44 bits per heavy atom. The summed E-state index contributed by atoms with van der Waals surface area (Å²) >= 11 is 0. The molecule has 6 nitrogen and oxygen atoms in total. The quantitative estimate of drug-likeness (QED) is 0.639. The van der Waals surface area contributed by atoms with Crippen LogP contribution < -0.4 is 10.9 Å². The molecule has 1 unspecified atom stereocenters. The molecule has 0 bridgehead atoms. The lowest BCUT2D eigenvalue weighted by Gasteiger charge is -2.09. The van der Waals surface area contributed by atoms with Gasteiger partial charge in [0.05, 0.1) is 12.3 Å². The smallest absolute Gasteiger partial charge is 0.271 e. The first-order valence-electron chi connectivity index (χ1n) is 5.14. The van der Waals surface area contributed by atoms with Crippen molar-refractivity contribution in [3.8, 4) is 0 Å². The third-order valence-electron chi connectivity index (χ3n) is 2.02. The molecule has 0 saturated heterocycles. The predicted octanol–water partition coefficient (Wildman–Crippen LogP) is -0.339. The Labute approximate surface area is 92.7 Å². The van der Waals surface area contributed by atoms with Crippen LogP contribution in [0.2, 0.25) is 0 Å². The molecular weight excluding hydrogens is 210 g/mol. The maximum atomic E-state index is 11.5. The Bertz CT molecular complexity index is 382. The molecular formula is C10H15N3O3. The van der Waals surface area contributed by atoms with Crippen molar-refractivity contribution >= 4 is 5.91 Å². The molecule has 1 amide bonds. The third-order valence-corrected chi connectivity index (χ3v) is 2.02. The summed E-state index contributed by atoms with van der Waals surface area (Å²) in [6, 6.07) is 0. The third kappa shape index (κ3) is 3.82. The first-order chi connectivity index (χ1) is 7.63. The van der Waals surface area contributed by atoms with Crippen LogP contribution in [0.3, 0.4) is 0 Å². The van der Waals surface area contributed by atoms with Crippen LogP contribution in [0.5, 0.6) is 0 Å². The van der Waals surface area contributed by atoms with E-state index in [0.717, 1.165) is 12.6 Å². The second-order valence-corrected chi connectivity index (χ2v) is 3.45. The molecule has 16 heavy (non-hydrogen) atoms. The van der Waals surface area contributed by atoms with Gasteiger partial charge in [-0.05, 0) is 6.42 Å². The van der Waals surface area contributed by atoms with Gasteiger partial charge in [-0.25, -0.2) is 4.98 Å². The highest BCUT2D eigenvalue weighted by Crippen LogP contribution is 1.95. The van der Waals surface area contributed by atoms with Crippen molar-refractivity contribution in [1.29, 1.82) is 0 Å². The normalized spacial score (nSPS) is 12.1. The molecule has 0 aliphatic heterocycles. The summed E-state index contributed by atoms with van der Waals surface area (Å²) in [5.41, 5.74) is -0.231. The van der Waals surface area contributed by atoms with Gasteiger partial charge in [0.2, 0.25) is 0 Å². The summed E-state index contributed by atoms with van der Waals surface area (Å²) < 4.78 is 0. The van der Waals surface area contributed by atoms with Gasteiger partial charge < -0.3 is 15.4 Å². The molecule has 1 atom stereocenters. The number of aromatic amines is 1. The molecule has 88 valence electrons. The molecule has 0 aliphatic carbocycles. The van der Waals surface area contributed by atoms with Crippen molar-refractivity contribution < 1.29 is 9.90 Å². The minimum Gasteiger partial charge on any atom is -0.391 e. The van der Waals surface area contributed by atoms with Crippen LogP contribution in [-0.4, -0.2) is 33.6 Å². The molecule has 0 radical (unpaired) electrons. The fraction of sp³-hybridized carbons (Fsp3) is 0.500. The zero-order chi connectivity index (χ0) is 12.0. The van der Waals surface area contributed by atoms with E-state index in [-0.39, 0.29) is 17.8 Å². The number of hydrogen-bond acceptors (Lipinski definition) is 4. The van der Waals surface area contributed by atoms with Gasteiger partial charge in [-0.2, -0.15) is 0 Å². The predicted molar refractivity (Wildman–Crippen MR) is 58.1 cm³/mol.